The van der Waals surface area contributed by atoms with Crippen LogP contribution in [0.5, 0.6) is 0 Å². The standard InChI is InChI=1S/C22H31N3O3S/c1-14-6-8-17(9-7-14)28-19(26)13-25-18(12-24-10-4-5-11-24)23-21-20(22(25)27)15(2)16(3)29-21/h14,17H,4-13H2,1-3H3. The molecule has 3 heterocycles. The summed E-state index contributed by atoms with van der Waals surface area (Å²) in [6, 6.07) is 0. The Morgan fingerprint density at radius 1 is 1.17 bits per heavy atom. The molecule has 0 aromatic carbocycles. The average Bonchev–Trinajstić information content (AvgIpc) is 3.29. The van der Waals surface area contributed by atoms with E-state index in [1.807, 2.05) is 13.8 Å². The van der Waals surface area contributed by atoms with E-state index >= 15 is 0 Å². The maximum Gasteiger partial charge on any atom is 0.326 e. The highest BCUT2D eigenvalue weighted by molar-refractivity contribution is 7.18. The van der Waals surface area contributed by atoms with Crippen molar-refractivity contribution in [1.29, 1.82) is 0 Å². The molecule has 0 N–H and O–H groups in total. The van der Waals surface area contributed by atoms with Gasteiger partial charge in [0.2, 0.25) is 0 Å². The van der Waals surface area contributed by atoms with Gasteiger partial charge in [0.1, 0.15) is 23.3 Å². The minimum absolute atomic E-state index is 0.0155. The fraction of sp³-hybridized carbons (Fsp3) is 0.682. The van der Waals surface area contributed by atoms with Crippen molar-refractivity contribution < 1.29 is 9.53 Å². The topological polar surface area (TPSA) is 64.4 Å². The van der Waals surface area contributed by atoms with Crippen molar-refractivity contribution >= 4 is 27.5 Å². The second-order valence-corrected chi connectivity index (χ2v) is 9.94. The zero-order valence-electron chi connectivity index (χ0n) is 17.7. The third kappa shape index (κ3) is 4.40. The summed E-state index contributed by atoms with van der Waals surface area (Å²) >= 11 is 1.56. The molecule has 2 aliphatic rings. The number of fused-ring (bicyclic) bond motifs is 1. The SMILES string of the molecule is Cc1sc2nc(CN3CCCC3)n(CC(=O)OC3CCC(C)CC3)c(=O)c2c1C. The fourth-order valence-corrected chi connectivity index (χ4v) is 5.53. The predicted octanol–water partition coefficient (Wildman–Crippen LogP) is 3.79. The van der Waals surface area contributed by atoms with E-state index in [9.17, 15) is 9.59 Å². The molecule has 4 rings (SSSR count). The lowest BCUT2D eigenvalue weighted by molar-refractivity contribution is -0.151. The van der Waals surface area contributed by atoms with Crippen LogP contribution in [0.1, 0.15) is 61.7 Å². The predicted molar refractivity (Wildman–Crippen MR) is 115 cm³/mol. The van der Waals surface area contributed by atoms with Crippen LogP contribution in [0.4, 0.5) is 0 Å². The van der Waals surface area contributed by atoms with E-state index in [4.69, 9.17) is 9.72 Å². The Hall–Kier alpha value is -1.73. The number of ether oxygens (including phenoxy) is 1. The molecule has 2 aromatic rings. The Balaban J connectivity index is 1.61. The van der Waals surface area contributed by atoms with Gasteiger partial charge in [-0.05, 0) is 76.9 Å². The first-order valence-corrected chi connectivity index (χ1v) is 11.6. The highest BCUT2D eigenvalue weighted by Crippen LogP contribution is 2.28. The van der Waals surface area contributed by atoms with E-state index in [2.05, 4.69) is 11.8 Å². The van der Waals surface area contributed by atoms with Crippen molar-refractivity contribution in [2.24, 2.45) is 5.92 Å². The summed E-state index contributed by atoms with van der Waals surface area (Å²) in [6.07, 6.45) is 6.36. The molecular formula is C22H31N3O3S. The molecule has 0 unspecified atom stereocenters. The third-order valence-electron chi connectivity index (χ3n) is 6.48. The van der Waals surface area contributed by atoms with Crippen LogP contribution in [0, 0.1) is 19.8 Å². The summed E-state index contributed by atoms with van der Waals surface area (Å²) in [7, 11) is 0. The molecule has 6 nitrogen and oxygen atoms in total. The molecule has 1 saturated heterocycles. The molecule has 2 aromatic heterocycles. The summed E-state index contributed by atoms with van der Waals surface area (Å²) in [5.74, 6) is 1.07. The van der Waals surface area contributed by atoms with Crippen molar-refractivity contribution in [1.82, 2.24) is 14.5 Å². The Labute approximate surface area is 175 Å². The van der Waals surface area contributed by atoms with Gasteiger partial charge in [-0.3, -0.25) is 19.1 Å². The Morgan fingerprint density at radius 3 is 2.55 bits per heavy atom. The largest absolute Gasteiger partial charge is 0.461 e. The number of aryl methyl sites for hydroxylation is 2. The van der Waals surface area contributed by atoms with Crippen LogP contribution in [0.2, 0.25) is 0 Å². The van der Waals surface area contributed by atoms with Crippen molar-refractivity contribution in [3.63, 3.8) is 0 Å². The Bertz CT molecular complexity index is 950. The maximum absolute atomic E-state index is 13.3. The molecule has 1 aliphatic carbocycles. The Morgan fingerprint density at radius 2 is 1.86 bits per heavy atom. The van der Waals surface area contributed by atoms with Gasteiger partial charge in [0, 0.05) is 4.88 Å². The summed E-state index contributed by atoms with van der Waals surface area (Å²) < 4.78 is 7.30. The van der Waals surface area contributed by atoms with Gasteiger partial charge in [0.05, 0.1) is 11.9 Å². The van der Waals surface area contributed by atoms with Gasteiger partial charge in [-0.25, -0.2) is 4.98 Å². The Kier molecular flexibility index (Phi) is 6.06. The average molecular weight is 418 g/mol. The highest BCUT2D eigenvalue weighted by atomic mass is 32.1. The summed E-state index contributed by atoms with van der Waals surface area (Å²) in [5.41, 5.74) is 0.860. The van der Waals surface area contributed by atoms with Crippen molar-refractivity contribution in [2.45, 2.75) is 78.5 Å². The molecule has 0 spiro atoms. The van der Waals surface area contributed by atoms with Crippen molar-refractivity contribution in [2.75, 3.05) is 13.1 Å². The zero-order chi connectivity index (χ0) is 20.5. The van der Waals surface area contributed by atoms with Crippen LogP contribution in [-0.4, -0.2) is 39.6 Å². The van der Waals surface area contributed by atoms with Crippen molar-refractivity contribution in [3.8, 4) is 0 Å². The maximum atomic E-state index is 13.3. The van der Waals surface area contributed by atoms with Gasteiger partial charge in [0.15, 0.2) is 0 Å². The van der Waals surface area contributed by atoms with E-state index in [1.54, 1.807) is 15.9 Å². The fourth-order valence-electron chi connectivity index (χ4n) is 4.49. The second kappa shape index (κ2) is 8.56. The van der Waals surface area contributed by atoms with E-state index in [0.29, 0.717) is 23.7 Å². The monoisotopic (exact) mass is 417 g/mol. The smallest absolute Gasteiger partial charge is 0.326 e. The summed E-state index contributed by atoms with van der Waals surface area (Å²) in [4.78, 5) is 35.1. The number of hydrogen-bond acceptors (Lipinski definition) is 6. The first kappa shape index (κ1) is 20.5. The number of hydrogen-bond donors (Lipinski definition) is 0. The van der Waals surface area contributed by atoms with Crippen LogP contribution < -0.4 is 5.56 Å². The van der Waals surface area contributed by atoms with Crippen molar-refractivity contribution in [3.05, 3.63) is 26.6 Å². The molecule has 2 fully saturated rings. The van der Waals surface area contributed by atoms with Crippen LogP contribution in [0.25, 0.3) is 10.2 Å². The molecule has 0 atom stereocenters. The number of thiophene rings is 1. The first-order chi connectivity index (χ1) is 13.9. The summed E-state index contributed by atoms with van der Waals surface area (Å²) in [5, 5.41) is 0.650. The van der Waals surface area contributed by atoms with Crippen LogP contribution in [0.3, 0.4) is 0 Å². The van der Waals surface area contributed by atoms with Gasteiger partial charge in [-0.1, -0.05) is 6.92 Å². The molecule has 1 aliphatic heterocycles. The third-order valence-corrected chi connectivity index (χ3v) is 7.58. The molecule has 0 bridgehead atoms. The lowest BCUT2D eigenvalue weighted by atomic mass is 9.89. The highest BCUT2D eigenvalue weighted by Gasteiger charge is 2.24. The van der Waals surface area contributed by atoms with Gasteiger partial charge in [-0.2, -0.15) is 0 Å². The summed E-state index contributed by atoms with van der Waals surface area (Å²) in [6.45, 7) is 8.81. The van der Waals surface area contributed by atoms with Gasteiger partial charge >= 0.3 is 5.97 Å². The lowest BCUT2D eigenvalue weighted by Crippen LogP contribution is -2.34. The number of carbonyl (C=O) groups is 1. The normalized spacial score (nSPS) is 23.0. The number of likely N-dealkylation sites (tertiary alicyclic amines) is 1. The minimum Gasteiger partial charge on any atom is -0.461 e. The molecule has 158 valence electrons. The molecule has 7 heteroatoms. The molecule has 1 saturated carbocycles. The molecular weight excluding hydrogens is 386 g/mol. The number of nitrogens with zero attached hydrogens (tertiary/aromatic N) is 3. The van der Waals surface area contributed by atoms with Crippen LogP contribution >= 0.6 is 11.3 Å². The lowest BCUT2D eigenvalue weighted by Gasteiger charge is -2.26. The molecule has 29 heavy (non-hydrogen) atoms. The van der Waals surface area contributed by atoms with Gasteiger partial charge in [-0.15, -0.1) is 11.3 Å². The number of aromatic nitrogens is 2. The van der Waals surface area contributed by atoms with E-state index in [-0.39, 0.29) is 24.2 Å². The van der Waals surface area contributed by atoms with E-state index in [1.165, 1.54) is 12.8 Å². The number of carbonyl (C=O) groups excluding carboxylic acids is 1. The van der Waals surface area contributed by atoms with Crippen LogP contribution in [0.15, 0.2) is 4.79 Å². The second-order valence-electron chi connectivity index (χ2n) is 8.74. The van der Waals surface area contributed by atoms with E-state index in [0.717, 1.165) is 54.0 Å². The van der Waals surface area contributed by atoms with Gasteiger partial charge in [0.25, 0.3) is 5.56 Å². The molecule has 0 amide bonds. The minimum atomic E-state index is -0.319. The van der Waals surface area contributed by atoms with Crippen LogP contribution in [-0.2, 0) is 22.6 Å². The van der Waals surface area contributed by atoms with Gasteiger partial charge < -0.3 is 4.74 Å². The number of esters is 1. The van der Waals surface area contributed by atoms with E-state index < -0.39 is 0 Å². The number of rotatable bonds is 5. The zero-order valence-corrected chi connectivity index (χ0v) is 18.5. The first-order valence-electron chi connectivity index (χ1n) is 10.8. The quantitative estimate of drug-likeness (QED) is 0.693. The molecule has 0 radical (unpaired) electrons.